The summed E-state index contributed by atoms with van der Waals surface area (Å²) in [5, 5.41) is 1.42. The number of pyridine rings is 1. The Balaban J connectivity index is 2.82. The van der Waals surface area contributed by atoms with Gasteiger partial charge in [-0.05, 0) is 17.7 Å². The van der Waals surface area contributed by atoms with Crippen molar-refractivity contribution in [1.29, 1.82) is 0 Å². The Morgan fingerprint density at radius 3 is 2.93 bits per heavy atom. The van der Waals surface area contributed by atoms with E-state index in [1.165, 1.54) is 0 Å². The van der Waals surface area contributed by atoms with E-state index < -0.39 is 0 Å². The molecule has 78 valence electrons. The molecule has 0 aliphatic heterocycles. The molecule has 2 N–H and O–H groups in total. The van der Waals surface area contributed by atoms with Crippen molar-refractivity contribution in [2.24, 2.45) is 5.73 Å². The lowest BCUT2D eigenvalue weighted by molar-refractivity contribution is 0.419. The van der Waals surface area contributed by atoms with Gasteiger partial charge in [-0.2, -0.15) is 0 Å². The minimum atomic E-state index is 0.436. The maximum atomic E-state index is 5.91. The van der Waals surface area contributed by atoms with Crippen LogP contribution in [0.3, 0.4) is 0 Å². The van der Waals surface area contributed by atoms with E-state index in [2.05, 4.69) is 4.98 Å². The maximum absolute atomic E-state index is 5.91. The Labute approximate surface area is 92.8 Å². The zero-order chi connectivity index (χ0) is 10.8. The van der Waals surface area contributed by atoms with E-state index in [4.69, 9.17) is 22.1 Å². The highest BCUT2D eigenvalue weighted by Gasteiger charge is 2.07. The van der Waals surface area contributed by atoms with Crippen LogP contribution in [0.4, 0.5) is 0 Å². The summed E-state index contributed by atoms with van der Waals surface area (Å²) in [6, 6.07) is 7.51. The first-order valence-corrected chi connectivity index (χ1v) is 4.96. The summed E-state index contributed by atoms with van der Waals surface area (Å²) in [5.41, 5.74) is 7.38. The molecule has 1 heterocycles. The molecule has 0 fully saturated rings. The van der Waals surface area contributed by atoms with Crippen molar-refractivity contribution >= 4 is 22.5 Å². The van der Waals surface area contributed by atoms with Gasteiger partial charge >= 0.3 is 0 Å². The van der Waals surface area contributed by atoms with Gasteiger partial charge in [0.2, 0.25) is 0 Å². The standard InChI is InChI=1S/C11H11ClN2O/c1-15-9-4-2-3-8-7(6-13)5-10(12)14-11(8)9/h2-5H,6,13H2,1H3. The van der Waals surface area contributed by atoms with E-state index in [0.29, 0.717) is 17.4 Å². The lowest BCUT2D eigenvalue weighted by Gasteiger charge is -2.08. The van der Waals surface area contributed by atoms with Crippen LogP contribution in [-0.2, 0) is 6.54 Å². The first-order chi connectivity index (χ1) is 7.26. The molecule has 0 amide bonds. The normalized spacial score (nSPS) is 10.6. The van der Waals surface area contributed by atoms with Gasteiger partial charge < -0.3 is 10.5 Å². The van der Waals surface area contributed by atoms with E-state index in [0.717, 1.165) is 16.5 Å². The second-order valence-corrected chi connectivity index (χ2v) is 3.55. The number of hydrogen-bond donors (Lipinski definition) is 1. The first kappa shape index (κ1) is 10.2. The molecular formula is C11H11ClN2O. The number of methoxy groups -OCH3 is 1. The van der Waals surface area contributed by atoms with Gasteiger partial charge in [-0.25, -0.2) is 4.98 Å². The van der Waals surface area contributed by atoms with E-state index >= 15 is 0 Å². The lowest BCUT2D eigenvalue weighted by atomic mass is 10.1. The van der Waals surface area contributed by atoms with Gasteiger partial charge in [0.25, 0.3) is 0 Å². The number of halogens is 1. The smallest absolute Gasteiger partial charge is 0.145 e. The second-order valence-electron chi connectivity index (χ2n) is 3.16. The predicted molar refractivity (Wildman–Crippen MR) is 61.2 cm³/mol. The molecule has 0 radical (unpaired) electrons. The van der Waals surface area contributed by atoms with E-state index in [1.807, 2.05) is 18.2 Å². The van der Waals surface area contributed by atoms with E-state index in [-0.39, 0.29) is 0 Å². The molecule has 0 aliphatic carbocycles. The van der Waals surface area contributed by atoms with E-state index in [1.54, 1.807) is 13.2 Å². The van der Waals surface area contributed by atoms with Crippen LogP contribution in [0.25, 0.3) is 10.9 Å². The van der Waals surface area contributed by atoms with Crippen molar-refractivity contribution in [2.75, 3.05) is 7.11 Å². The van der Waals surface area contributed by atoms with Crippen LogP contribution in [0.15, 0.2) is 24.3 Å². The molecule has 4 heteroatoms. The van der Waals surface area contributed by atoms with Gasteiger partial charge in [-0.15, -0.1) is 0 Å². The molecule has 0 bridgehead atoms. The summed E-state index contributed by atoms with van der Waals surface area (Å²) in [7, 11) is 1.61. The zero-order valence-electron chi connectivity index (χ0n) is 8.33. The molecule has 0 saturated heterocycles. The molecule has 2 aromatic rings. The minimum absolute atomic E-state index is 0.436. The third kappa shape index (κ3) is 1.76. The Morgan fingerprint density at radius 2 is 2.27 bits per heavy atom. The summed E-state index contributed by atoms with van der Waals surface area (Å²) >= 11 is 5.91. The fraction of sp³-hybridized carbons (Fsp3) is 0.182. The molecule has 0 saturated carbocycles. The van der Waals surface area contributed by atoms with Gasteiger partial charge in [0.1, 0.15) is 16.4 Å². The SMILES string of the molecule is COc1cccc2c(CN)cc(Cl)nc12. The Morgan fingerprint density at radius 1 is 1.47 bits per heavy atom. The molecule has 15 heavy (non-hydrogen) atoms. The van der Waals surface area contributed by atoms with Crippen LogP contribution in [-0.4, -0.2) is 12.1 Å². The predicted octanol–water partition coefficient (Wildman–Crippen LogP) is 2.36. The Kier molecular flexibility index (Phi) is 2.75. The summed E-state index contributed by atoms with van der Waals surface area (Å²) < 4.78 is 5.22. The molecule has 3 nitrogen and oxygen atoms in total. The molecule has 0 atom stereocenters. The molecule has 0 spiro atoms. The fourth-order valence-corrected chi connectivity index (χ4v) is 1.81. The number of nitrogens with zero attached hydrogens (tertiary/aromatic N) is 1. The van der Waals surface area contributed by atoms with Gasteiger partial charge in [0.15, 0.2) is 0 Å². The monoisotopic (exact) mass is 222 g/mol. The number of rotatable bonds is 2. The van der Waals surface area contributed by atoms with Crippen LogP contribution in [0, 0.1) is 0 Å². The Bertz CT molecular complexity index is 499. The topological polar surface area (TPSA) is 48.1 Å². The third-order valence-corrected chi connectivity index (χ3v) is 2.49. The van der Waals surface area contributed by atoms with Crippen LogP contribution in [0.5, 0.6) is 5.75 Å². The van der Waals surface area contributed by atoms with Crippen LogP contribution < -0.4 is 10.5 Å². The zero-order valence-corrected chi connectivity index (χ0v) is 9.08. The highest BCUT2D eigenvalue weighted by Crippen LogP contribution is 2.27. The average Bonchev–Trinajstić information content (AvgIpc) is 2.27. The molecule has 1 aromatic carbocycles. The molecule has 2 rings (SSSR count). The van der Waals surface area contributed by atoms with Gasteiger partial charge in [-0.1, -0.05) is 23.7 Å². The van der Waals surface area contributed by atoms with Gasteiger partial charge in [-0.3, -0.25) is 0 Å². The average molecular weight is 223 g/mol. The van der Waals surface area contributed by atoms with E-state index in [9.17, 15) is 0 Å². The summed E-state index contributed by atoms with van der Waals surface area (Å²) in [6.45, 7) is 0.436. The van der Waals surface area contributed by atoms with Crippen LogP contribution in [0.2, 0.25) is 5.15 Å². The maximum Gasteiger partial charge on any atom is 0.145 e. The quantitative estimate of drug-likeness (QED) is 0.794. The number of nitrogens with two attached hydrogens (primary N) is 1. The van der Waals surface area contributed by atoms with Crippen molar-refractivity contribution in [3.63, 3.8) is 0 Å². The fourth-order valence-electron chi connectivity index (χ4n) is 1.59. The highest BCUT2D eigenvalue weighted by molar-refractivity contribution is 6.30. The second kappa shape index (κ2) is 4.04. The largest absolute Gasteiger partial charge is 0.494 e. The highest BCUT2D eigenvalue weighted by atomic mass is 35.5. The third-order valence-electron chi connectivity index (χ3n) is 2.30. The number of aromatic nitrogens is 1. The summed E-state index contributed by atoms with van der Waals surface area (Å²) in [5.74, 6) is 0.713. The van der Waals surface area contributed by atoms with Crippen LogP contribution >= 0.6 is 11.6 Å². The first-order valence-electron chi connectivity index (χ1n) is 4.58. The lowest BCUT2D eigenvalue weighted by Crippen LogP contribution is -1.99. The minimum Gasteiger partial charge on any atom is -0.494 e. The van der Waals surface area contributed by atoms with Crippen molar-refractivity contribution in [3.05, 3.63) is 35.0 Å². The summed E-state index contributed by atoms with van der Waals surface area (Å²) in [4.78, 5) is 4.24. The Hall–Kier alpha value is -1.32. The van der Waals surface area contributed by atoms with Crippen molar-refractivity contribution in [3.8, 4) is 5.75 Å². The summed E-state index contributed by atoms with van der Waals surface area (Å²) in [6.07, 6.45) is 0. The number of benzene rings is 1. The number of para-hydroxylation sites is 1. The van der Waals surface area contributed by atoms with Crippen molar-refractivity contribution in [2.45, 2.75) is 6.54 Å². The van der Waals surface area contributed by atoms with Gasteiger partial charge in [0.05, 0.1) is 7.11 Å². The molecular weight excluding hydrogens is 212 g/mol. The molecule has 1 aromatic heterocycles. The van der Waals surface area contributed by atoms with Crippen molar-refractivity contribution < 1.29 is 4.74 Å². The van der Waals surface area contributed by atoms with Gasteiger partial charge in [0, 0.05) is 11.9 Å². The van der Waals surface area contributed by atoms with Crippen LogP contribution in [0.1, 0.15) is 5.56 Å². The number of ether oxygens (including phenoxy) is 1. The number of fused-ring (bicyclic) bond motifs is 1. The van der Waals surface area contributed by atoms with Crippen molar-refractivity contribution in [1.82, 2.24) is 4.98 Å². The molecule has 0 aliphatic rings. The number of hydrogen-bond acceptors (Lipinski definition) is 3. The molecule has 0 unspecified atom stereocenters.